The number of rotatable bonds is 6. The highest BCUT2D eigenvalue weighted by Gasteiger charge is 2.28. The lowest BCUT2D eigenvalue weighted by molar-refractivity contribution is 0.405. The van der Waals surface area contributed by atoms with E-state index in [1.54, 1.807) is 0 Å². The number of anilines is 1. The molecule has 132 valence electrons. The molecule has 25 heavy (non-hydrogen) atoms. The van der Waals surface area contributed by atoms with Crippen LogP contribution in [0.2, 0.25) is 0 Å². The molecule has 2 heterocycles. The van der Waals surface area contributed by atoms with Gasteiger partial charge in [-0.3, -0.25) is 10.3 Å². The van der Waals surface area contributed by atoms with Crippen molar-refractivity contribution in [1.82, 2.24) is 15.6 Å². The fraction of sp³-hybridized carbons (Fsp3) is 0.400. The minimum Gasteiger partial charge on any atom is -0.330 e. The zero-order valence-corrected chi connectivity index (χ0v) is 15.3. The van der Waals surface area contributed by atoms with Gasteiger partial charge in [0.25, 0.3) is 0 Å². The van der Waals surface area contributed by atoms with E-state index in [9.17, 15) is 0 Å². The largest absolute Gasteiger partial charge is 0.330 e. The van der Waals surface area contributed by atoms with Gasteiger partial charge in [0.05, 0.1) is 5.52 Å². The molecule has 0 bridgehead atoms. The summed E-state index contributed by atoms with van der Waals surface area (Å²) in [6.07, 6.45) is 7.06. The van der Waals surface area contributed by atoms with Gasteiger partial charge in [-0.1, -0.05) is 33.3 Å². The number of benzene rings is 1. The van der Waals surface area contributed by atoms with Crippen molar-refractivity contribution in [3.8, 4) is 0 Å². The second-order valence-electron chi connectivity index (χ2n) is 6.35. The minimum absolute atomic E-state index is 0.342. The SMILES string of the molecule is CCCC1=CC(CC)(NCC)N=C(Nc2ccc3ncccc3c2)N1. The number of guanidine groups is 1. The van der Waals surface area contributed by atoms with Gasteiger partial charge >= 0.3 is 0 Å². The van der Waals surface area contributed by atoms with E-state index in [2.05, 4.69) is 59.9 Å². The van der Waals surface area contributed by atoms with Crippen LogP contribution in [0.3, 0.4) is 0 Å². The molecule has 1 aliphatic rings. The van der Waals surface area contributed by atoms with Crippen molar-refractivity contribution in [3.63, 3.8) is 0 Å². The Bertz CT molecular complexity index is 796. The van der Waals surface area contributed by atoms with E-state index >= 15 is 0 Å². The summed E-state index contributed by atoms with van der Waals surface area (Å²) in [5, 5.41) is 11.5. The molecule has 1 aromatic carbocycles. The second kappa shape index (κ2) is 7.66. The summed E-state index contributed by atoms with van der Waals surface area (Å²) in [6.45, 7) is 7.35. The summed E-state index contributed by atoms with van der Waals surface area (Å²) >= 11 is 0. The van der Waals surface area contributed by atoms with Crippen molar-refractivity contribution in [2.45, 2.75) is 45.7 Å². The lowest BCUT2D eigenvalue weighted by Gasteiger charge is -2.33. The molecule has 3 N–H and O–H groups in total. The fourth-order valence-electron chi connectivity index (χ4n) is 3.19. The molecular weight excluding hydrogens is 310 g/mol. The minimum atomic E-state index is -0.342. The second-order valence-corrected chi connectivity index (χ2v) is 6.35. The van der Waals surface area contributed by atoms with Crippen molar-refractivity contribution in [2.75, 3.05) is 11.9 Å². The number of hydrogen-bond acceptors (Lipinski definition) is 5. The standard InChI is InChI=1S/C20H27N5/c1-4-8-17-14-20(5-2,22-6-3)25-19(24-17)23-16-10-11-18-15(13-16)9-7-12-21-18/h7,9-14,22H,4-6,8H2,1-3H3,(H2,23,24,25). The Labute approximate surface area is 149 Å². The fourth-order valence-corrected chi connectivity index (χ4v) is 3.19. The third kappa shape index (κ3) is 3.99. The summed E-state index contributed by atoms with van der Waals surface area (Å²) < 4.78 is 0. The van der Waals surface area contributed by atoms with Crippen molar-refractivity contribution < 1.29 is 0 Å². The smallest absolute Gasteiger partial charge is 0.202 e. The van der Waals surface area contributed by atoms with Gasteiger partial charge in [0.15, 0.2) is 0 Å². The van der Waals surface area contributed by atoms with Crippen LogP contribution in [0.25, 0.3) is 10.9 Å². The van der Waals surface area contributed by atoms with Gasteiger partial charge in [-0.15, -0.1) is 0 Å². The molecule has 2 aromatic rings. The average molecular weight is 337 g/mol. The highest BCUT2D eigenvalue weighted by Crippen LogP contribution is 2.23. The van der Waals surface area contributed by atoms with E-state index < -0.39 is 0 Å². The summed E-state index contributed by atoms with van der Waals surface area (Å²) in [6, 6.07) is 10.2. The van der Waals surface area contributed by atoms with Gasteiger partial charge in [0, 0.05) is 23.0 Å². The van der Waals surface area contributed by atoms with Crippen molar-refractivity contribution in [2.24, 2.45) is 4.99 Å². The van der Waals surface area contributed by atoms with Gasteiger partial charge in [0.2, 0.25) is 5.96 Å². The van der Waals surface area contributed by atoms with Gasteiger partial charge in [-0.2, -0.15) is 0 Å². The Morgan fingerprint density at radius 3 is 2.80 bits per heavy atom. The van der Waals surface area contributed by atoms with Gasteiger partial charge in [0.1, 0.15) is 5.66 Å². The zero-order valence-electron chi connectivity index (χ0n) is 15.3. The van der Waals surface area contributed by atoms with E-state index in [4.69, 9.17) is 4.99 Å². The molecule has 0 aliphatic carbocycles. The Kier molecular flexibility index (Phi) is 5.34. The van der Waals surface area contributed by atoms with E-state index in [0.29, 0.717) is 0 Å². The molecule has 5 heteroatoms. The van der Waals surface area contributed by atoms with E-state index in [1.165, 1.54) is 5.70 Å². The molecule has 0 radical (unpaired) electrons. The number of nitrogens with zero attached hydrogens (tertiary/aromatic N) is 2. The van der Waals surface area contributed by atoms with Crippen LogP contribution < -0.4 is 16.0 Å². The van der Waals surface area contributed by atoms with Crippen molar-refractivity contribution in [3.05, 3.63) is 48.3 Å². The van der Waals surface area contributed by atoms with Crippen LogP contribution in [0.5, 0.6) is 0 Å². The number of pyridine rings is 1. The first-order valence-corrected chi connectivity index (χ1v) is 9.13. The zero-order chi connectivity index (χ0) is 17.7. The van der Waals surface area contributed by atoms with E-state index in [1.807, 2.05) is 24.4 Å². The van der Waals surface area contributed by atoms with Crippen LogP contribution >= 0.6 is 0 Å². The Morgan fingerprint density at radius 1 is 1.16 bits per heavy atom. The number of nitrogens with one attached hydrogen (secondary N) is 3. The van der Waals surface area contributed by atoms with Crippen LogP contribution in [0.4, 0.5) is 5.69 Å². The predicted molar refractivity (Wildman–Crippen MR) is 106 cm³/mol. The number of aromatic nitrogens is 1. The lowest BCUT2D eigenvalue weighted by Crippen LogP contribution is -2.48. The molecule has 0 spiro atoms. The van der Waals surface area contributed by atoms with Gasteiger partial charge in [-0.25, -0.2) is 4.99 Å². The first-order valence-electron chi connectivity index (χ1n) is 9.13. The number of aliphatic imine (C=N–C) groups is 1. The normalized spacial score (nSPS) is 20.0. The molecule has 0 saturated carbocycles. The summed E-state index contributed by atoms with van der Waals surface area (Å²) in [4.78, 5) is 9.29. The van der Waals surface area contributed by atoms with Crippen LogP contribution in [0.1, 0.15) is 40.0 Å². The topological polar surface area (TPSA) is 61.3 Å². The highest BCUT2D eigenvalue weighted by atomic mass is 15.3. The molecular formula is C20H27N5. The van der Waals surface area contributed by atoms with Crippen LogP contribution in [0.15, 0.2) is 53.3 Å². The molecule has 3 rings (SSSR count). The maximum atomic E-state index is 4.92. The van der Waals surface area contributed by atoms with Crippen LogP contribution in [-0.4, -0.2) is 23.2 Å². The monoisotopic (exact) mass is 337 g/mol. The van der Waals surface area contributed by atoms with Crippen LogP contribution in [0, 0.1) is 0 Å². The Balaban J connectivity index is 1.88. The Hall–Kier alpha value is -2.40. The summed E-state index contributed by atoms with van der Waals surface area (Å²) in [5.41, 5.74) is 2.87. The predicted octanol–water partition coefficient (Wildman–Crippen LogP) is 4.01. The molecule has 0 saturated heterocycles. The molecule has 5 nitrogen and oxygen atoms in total. The Morgan fingerprint density at radius 2 is 2.04 bits per heavy atom. The summed E-state index contributed by atoms with van der Waals surface area (Å²) in [5.74, 6) is 0.789. The maximum Gasteiger partial charge on any atom is 0.202 e. The number of allylic oxidation sites excluding steroid dienone is 1. The van der Waals surface area contributed by atoms with Crippen LogP contribution in [-0.2, 0) is 0 Å². The molecule has 0 fully saturated rings. The first-order chi connectivity index (χ1) is 12.2. The highest BCUT2D eigenvalue weighted by molar-refractivity contribution is 5.97. The molecule has 1 aromatic heterocycles. The quantitative estimate of drug-likeness (QED) is 0.745. The molecule has 1 unspecified atom stereocenters. The number of likely N-dealkylation sites (N-methyl/N-ethyl adjacent to an activating group) is 1. The van der Waals surface area contributed by atoms with Crippen molar-refractivity contribution in [1.29, 1.82) is 0 Å². The third-order valence-corrected chi connectivity index (χ3v) is 4.41. The number of hydrogen-bond donors (Lipinski definition) is 3. The average Bonchev–Trinajstić information content (AvgIpc) is 2.62. The summed E-state index contributed by atoms with van der Waals surface area (Å²) in [7, 11) is 0. The van der Waals surface area contributed by atoms with Gasteiger partial charge in [-0.05, 0) is 49.7 Å². The maximum absolute atomic E-state index is 4.92. The molecule has 0 amide bonds. The third-order valence-electron chi connectivity index (χ3n) is 4.41. The number of fused-ring (bicyclic) bond motifs is 1. The van der Waals surface area contributed by atoms with E-state index in [-0.39, 0.29) is 5.66 Å². The van der Waals surface area contributed by atoms with Gasteiger partial charge < -0.3 is 10.6 Å². The molecule has 1 aliphatic heterocycles. The van der Waals surface area contributed by atoms with E-state index in [0.717, 1.165) is 48.4 Å². The lowest BCUT2D eigenvalue weighted by atomic mass is 10.0. The molecule has 1 atom stereocenters. The first kappa shape index (κ1) is 17.4. The van der Waals surface area contributed by atoms with Crippen molar-refractivity contribution >= 4 is 22.5 Å².